The molecule has 1 aromatic rings. The highest BCUT2D eigenvalue weighted by atomic mass is 35.5. The molecule has 0 amide bonds. The van der Waals surface area contributed by atoms with Crippen molar-refractivity contribution in [1.29, 1.82) is 0 Å². The van der Waals surface area contributed by atoms with Crippen molar-refractivity contribution in [1.82, 2.24) is 5.32 Å². The van der Waals surface area contributed by atoms with Crippen molar-refractivity contribution in [2.24, 2.45) is 0 Å². The first kappa shape index (κ1) is 13.7. The maximum Gasteiger partial charge on any atom is 0.0408 e. The molecule has 0 bridgehead atoms. The average Bonchev–Trinajstić information content (AvgIpc) is 2.15. The van der Waals surface area contributed by atoms with Crippen molar-refractivity contribution >= 4 is 22.4 Å². The molecule has 0 spiro atoms. The lowest BCUT2D eigenvalue weighted by Crippen LogP contribution is -2.30. The second-order valence-electron chi connectivity index (χ2n) is 4.09. The van der Waals surface area contributed by atoms with Crippen molar-refractivity contribution < 1.29 is 4.21 Å². The molecule has 16 heavy (non-hydrogen) atoms. The van der Waals surface area contributed by atoms with E-state index in [1.165, 1.54) is 11.1 Å². The molecule has 0 saturated heterocycles. The summed E-state index contributed by atoms with van der Waals surface area (Å²) >= 11 is 5.89. The Bertz CT molecular complexity index is 381. The highest BCUT2D eigenvalue weighted by Gasteiger charge is 2.05. The smallest absolute Gasteiger partial charge is 0.0408 e. The van der Waals surface area contributed by atoms with Crippen molar-refractivity contribution in [2.75, 3.05) is 12.0 Å². The summed E-state index contributed by atoms with van der Waals surface area (Å²) in [6, 6.07) is 6.15. The van der Waals surface area contributed by atoms with Gasteiger partial charge < -0.3 is 5.32 Å². The molecule has 0 aliphatic carbocycles. The van der Waals surface area contributed by atoms with Gasteiger partial charge in [0.25, 0.3) is 0 Å². The second kappa shape index (κ2) is 6.38. The van der Waals surface area contributed by atoms with Crippen LogP contribution >= 0.6 is 11.6 Å². The van der Waals surface area contributed by atoms with Gasteiger partial charge in [0.05, 0.1) is 0 Å². The third-order valence-corrected chi connectivity index (χ3v) is 3.63. The molecule has 1 rings (SSSR count). The largest absolute Gasteiger partial charge is 0.309 e. The maximum absolute atomic E-state index is 11.0. The van der Waals surface area contributed by atoms with E-state index in [1.54, 1.807) is 6.26 Å². The van der Waals surface area contributed by atoms with Crippen LogP contribution < -0.4 is 5.32 Å². The highest BCUT2D eigenvalue weighted by molar-refractivity contribution is 7.84. The van der Waals surface area contributed by atoms with E-state index in [2.05, 4.69) is 5.32 Å². The standard InChI is InChI=1S/C12H18ClNOS/c1-9-6-12(13)5-4-11(9)7-14-10(2)8-16(3)15/h4-6,10,14H,7-8H2,1-3H3. The molecule has 2 unspecified atom stereocenters. The van der Waals surface area contributed by atoms with E-state index in [1.807, 2.05) is 32.0 Å². The molecule has 90 valence electrons. The number of nitrogens with one attached hydrogen (secondary N) is 1. The van der Waals surface area contributed by atoms with Crippen LogP contribution in [0.1, 0.15) is 18.1 Å². The number of benzene rings is 1. The second-order valence-corrected chi connectivity index (χ2v) is 6.01. The first-order chi connectivity index (χ1) is 7.49. The summed E-state index contributed by atoms with van der Waals surface area (Å²) in [5.74, 6) is 0.687. The van der Waals surface area contributed by atoms with E-state index < -0.39 is 10.8 Å². The highest BCUT2D eigenvalue weighted by Crippen LogP contribution is 2.15. The molecule has 1 aromatic carbocycles. The summed E-state index contributed by atoms with van der Waals surface area (Å²) in [6.07, 6.45) is 1.73. The van der Waals surface area contributed by atoms with Crippen LogP contribution in [0, 0.1) is 6.92 Å². The Morgan fingerprint density at radius 3 is 2.75 bits per heavy atom. The first-order valence-corrected chi connectivity index (χ1v) is 7.38. The fourth-order valence-corrected chi connectivity index (χ4v) is 2.60. The minimum Gasteiger partial charge on any atom is -0.309 e. The van der Waals surface area contributed by atoms with E-state index in [9.17, 15) is 4.21 Å². The molecule has 0 radical (unpaired) electrons. The molecular weight excluding hydrogens is 242 g/mol. The lowest BCUT2D eigenvalue weighted by Gasteiger charge is -2.13. The minimum atomic E-state index is -0.746. The first-order valence-electron chi connectivity index (χ1n) is 5.27. The van der Waals surface area contributed by atoms with Crippen molar-refractivity contribution in [3.05, 3.63) is 34.3 Å². The molecule has 0 fully saturated rings. The van der Waals surface area contributed by atoms with Gasteiger partial charge in [-0.3, -0.25) is 4.21 Å². The number of hydrogen-bond acceptors (Lipinski definition) is 2. The van der Waals surface area contributed by atoms with Gasteiger partial charge in [-0.25, -0.2) is 0 Å². The monoisotopic (exact) mass is 259 g/mol. The molecule has 4 heteroatoms. The number of halogens is 1. The van der Waals surface area contributed by atoms with Gasteiger partial charge >= 0.3 is 0 Å². The Morgan fingerprint density at radius 1 is 1.50 bits per heavy atom. The van der Waals surface area contributed by atoms with Gasteiger partial charge in [-0.1, -0.05) is 17.7 Å². The quantitative estimate of drug-likeness (QED) is 0.880. The lowest BCUT2D eigenvalue weighted by molar-refractivity contribution is 0.586. The molecule has 0 saturated carbocycles. The third-order valence-electron chi connectivity index (χ3n) is 2.43. The predicted octanol–water partition coefficient (Wildman–Crippen LogP) is 2.51. The van der Waals surface area contributed by atoms with Crippen molar-refractivity contribution in [3.63, 3.8) is 0 Å². The molecule has 0 heterocycles. The summed E-state index contributed by atoms with van der Waals surface area (Å²) in [6.45, 7) is 4.89. The number of hydrogen-bond donors (Lipinski definition) is 1. The SMILES string of the molecule is Cc1cc(Cl)ccc1CNC(C)CS(C)=O. The van der Waals surface area contributed by atoms with Crippen LogP contribution in [0.5, 0.6) is 0 Å². The van der Waals surface area contributed by atoms with Crippen molar-refractivity contribution in [3.8, 4) is 0 Å². The zero-order valence-corrected chi connectivity index (χ0v) is 11.5. The molecule has 0 aliphatic heterocycles. The minimum absolute atomic E-state index is 0.265. The van der Waals surface area contributed by atoms with Gasteiger partial charge in [0.2, 0.25) is 0 Å². The normalized spacial score (nSPS) is 14.8. The van der Waals surface area contributed by atoms with Crippen LogP contribution in [-0.2, 0) is 17.3 Å². The maximum atomic E-state index is 11.0. The Balaban J connectivity index is 2.51. The average molecular weight is 260 g/mol. The molecule has 2 atom stereocenters. The summed E-state index contributed by atoms with van der Waals surface area (Å²) in [7, 11) is -0.746. The number of rotatable bonds is 5. The van der Waals surface area contributed by atoms with E-state index in [-0.39, 0.29) is 6.04 Å². The van der Waals surface area contributed by atoms with Crippen LogP contribution in [0.3, 0.4) is 0 Å². The predicted molar refractivity (Wildman–Crippen MR) is 71.4 cm³/mol. The van der Waals surface area contributed by atoms with Crippen LogP contribution in [0.15, 0.2) is 18.2 Å². The molecular formula is C12H18ClNOS. The van der Waals surface area contributed by atoms with Crippen LogP contribution in [-0.4, -0.2) is 22.3 Å². The topological polar surface area (TPSA) is 29.1 Å². The summed E-state index contributed by atoms with van der Waals surface area (Å²) < 4.78 is 11.0. The zero-order valence-electron chi connectivity index (χ0n) is 9.92. The fraction of sp³-hybridized carbons (Fsp3) is 0.500. The summed E-state index contributed by atoms with van der Waals surface area (Å²) in [5.41, 5.74) is 2.42. The Labute approximate surface area is 105 Å². The van der Waals surface area contributed by atoms with Gasteiger partial charge in [-0.05, 0) is 37.1 Å². The number of aryl methyl sites for hydroxylation is 1. The van der Waals surface area contributed by atoms with Crippen LogP contribution in [0.4, 0.5) is 0 Å². The molecule has 2 nitrogen and oxygen atoms in total. The van der Waals surface area contributed by atoms with E-state index in [0.29, 0.717) is 5.75 Å². The molecule has 1 N–H and O–H groups in total. The summed E-state index contributed by atoms with van der Waals surface area (Å²) in [4.78, 5) is 0. The van der Waals surface area contributed by atoms with Gasteiger partial charge in [0.1, 0.15) is 0 Å². The van der Waals surface area contributed by atoms with E-state index in [4.69, 9.17) is 11.6 Å². The van der Waals surface area contributed by atoms with Crippen molar-refractivity contribution in [2.45, 2.75) is 26.4 Å². The summed E-state index contributed by atoms with van der Waals surface area (Å²) in [5, 5.41) is 4.12. The third kappa shape index (κ3) is 4.64. The lowest BCUT2D eigenvalue weighted by atomic mass is 10.1. The molecule has 0 aromatic heterocycles. The van der Waals surface area contributed by atoms with Gasteiger partial charge in [0.15, 0.2) is 0 Å². The Hall–Kier alpha value is -0.380. The van der Waals surface area contributed by atoms with Crippen LogP contribution in [0.2, 0.25) is 5.02 Å². The zero-order chi connectivity index (χ0) is 12.1. The van der Waals surface area contributed by atoms with Gasteiger partial charge in [-0.15, -0.1) is 0 Å². The molecule has 0 aliphatic rings. The van der Waals surface area contributed by atoms with Crippen LogP contribution in [0.25, 0.3) is 0 Å². The van der Waals surface area contributed by atoms with E-state index >= 15 is 0 Å². The fourth-order valence-electron chi connectivity index (χ4n) is 1.55. The Morgan fingerprint density at radius 2 is 2.19 bits per heavy atom. The van der Waals surface area contributed by atoms with Gasteiger partial charge in [-0.2, -0.15) is 0 Å². The Kier molecular flexibility index (Phi) is 5.46. The van der Waals surface area contributed by atoms with Gasteiger partial charge in [0, 0.05) is 40.4 Å². The van der Waals surface area contributed by atoms with E-state index in [0.717, 1.165) is 11.6 Å².